The molecule has 1 saturated heterocycles. The predicted molar refractivity (Wildman–Crippen MR) is 124 cm³/mol. The molecule has 0 saturated carbocycles. The lowest BCUT2D eigenvalue weighted by Crippen LogP contribution is -2.42. The Hall–Kier alpha value is -2.64. The van der Waals surface area contributed by atoms with Crippen molar-refractivity contribution in [2.24, 2.45) is 5.92 Å². The topological polar surface area (TPSA) is 72.3 Å². The number of halogens is 1. The summed E-state index contributed by atoms with van der Waals surface area (Å²) in [7, 11) is 0. The van der Waals surface area contributed by atoms with Crippen LogP contribution in [0.25, 0.3) is 0 Å². The molecule has 0 spiro atoms. The molecule has 3 rings (SSSR count). The van der Waals surface area contributed by atoms with Gasteiger partial charge in [-0.15, -0.1) is 0 Å². The maximum Gasteiger partial charge on any atom is 0.410 e. The first-order valence-corrected chi connectivity index (χ1v) is 11.3. The van der Waals surface area contributed by atoms with E-state index >= 15 is 0 Å². The largest absolute Gasteiger partial charge is 0.444 e. The van der Waals surface area contributed by atoms with Crippen LogP contribution in [0.15, 0.2) is 18.2 Å². The Morgan fingerprint density at radius 1 is 1.19 bits per heavy atom. The van der Waals surface area contributed by atoms with Gasteiger partial charge < -0.3 is 15.0 Å². The number of pyridine rings is 1. The summed E-state index contributed by atoms with van der Waals surface area (Å²) in [5.74, 6) is 0.915. The zero-order valence-electron chi connectivity index (χ0n) is 20.3. The van der Waals surface area contributed by atoms with Crippen molar-refractivity contribution >= 4 is 17.7 Å². The number of likely N-dealkylation sites (tertiary alicyclic amines) is 1. The van der Waals surface area contributed by atoms with Crippen molar-refractivity contribution in [2.75, 3.05) is 18.4 Å². The van der Waals surface area contributed by atoms with Gasteiger partial charge in [0.2, 0.25) is 0 Å². The Morgan fingerprint density at radius 3 is 2.44 bits per heavy atom. The summed E-state index contributed by atoms with van der Waals surface area (Å²) in [5.41, 5.74) is 0.960. The number of hydrogen-bond acceptors (Lipinski definition) is 5. The number of aryl methyl sites for hydroxylation is 1. The maximum absolute atomic E-state index is 14.5. The molecule has 0 unspecified atom stereocenters. The minimum atomic E-state index is -0.490. The Kier molecular flexibility index (Phi) is 6.81. The minimum absolute atomic E-state index is 0.207. The summed E-state index contributed by atoms with van der Waals surface area (Å²) in [4.78, 5) is 18.6. The molecular formula is C24H36FN5O2. The molecule has 0 aliphatic carbocycles. The highest BCUT2D eigenvalue weighted by molar-refractivity contribution is 5.68. The van der Waals surface area contributed by atoms with E-state index in [0.29, 0.717) is 24.8 Å². The van der Waals surface area contributed by atoms with Gasteiger partial charge >= 0.3 is 6.09 Å². The first-order chi connectivity index (χ1) is 14.8. The molecule has 0 aromatic carbocycles. The van der Waals surface area contributed by atoms with Gasteiger partial charge in [0.1, 0.15) is 11.4 Å². The average Bonchev–Trinajstić information content (AvgIpc) is 3.04. The normalized spacial score (nSPS) is 15.7. The number of anilines is 2. The summed E-state index contributed by atoms with van der Waals surface area (Å²) in [5, 5.41) is 7.66. The van der Waals surface area contributed by atoms with Crippen LogP contribution in [0.5, 0.6) is 0 Å². The van der Waals surface area contributed by atoms with Gasteiger partial charge in [-0.1, -0.05) is 0 Å². The number of nitrogens with one attached hydrogen (secondary N) is 1. The molecule has 1 amide bonds. The zero-order chi connectivity index (χ0) is 23.7. The molecule has 32 heavy (non-hydrogen) atoms. The first-order valence-electron chi connectivity index (χ1n) is 11.3. The Morgan fingerprint density at radius 2 is 1.84 bits per heavy atom. The van der Waals surface area contributed by atoms with E-state index < -0.39 is 11.4 Å². The van der Waals surface area contributed by atoms with E-state index in [1.54, 1.807) is 11.0 Å². The van der Waals surface area contributed by atoms with Crippen LogP contribution < -0.4 is 5.32 Å². The molecule has 0 bridgehead atoms. The molecule has 176 valence electrons. The van der Waals surface area contributed by atoms with Gasteiger partial charge in [0.25, 0.3) is 0 Å². The molecular weight excluding hydrogens is 409 g/mol. The highest BCUT2D eigenvalue weighted by Crippen LogP contribution is 2.27. The number of rotatable bonds is 4. The second kappa shape index (κ2) is 9.08. The van der Waals surface area contributed by atoms with E-state index in [0.717, 1.165) is 30.7 Å². The van der Waals surface area contributed by atoms with Crippen molar-refractivity contribution in [3.63, 3.8) is 0 Å². The van der Waals surface area contributed by atoms with E-state index in [1.165, 1.54) is 6.07 Å². The van der Waals surface area contributed by atoms with Crippen molar-refractivity contribution in [3.8, 4) is 0 Å². The number of piperidine rings is 1. The molecule has 1 fully saturated rings. The lowest BCUT2D eigenvalue weighted by Gasteiger charge is -2.33. The maximum atomic E-state index is 14.5. The lowest BCUT2D eigenvalue weighted by atomic mass is 9.92. The van der Waals surface area contributed by atoms with Crippen molar-refractivity contribution < 1.29 is 13.9 Å². The summed E-state index contributed by atoms with van der Waals surface area (Å²) < 4.78 is 21.9. The van der Waals surface area contributed by atoms with Crippen molar-refractivity contribution in [1.29, 1.82) is 0 Å². The molecule has 2 aromatic rings. The van der Waals surface area contributed by atoms with Gasteiger partial charge in [-0.2, -0.15) is 5.10 Å². The fourth-order valence-electron chi connectivity index (χ4n) is 3.85. The van der Waals surface area contributed by atoms with Crippen molar-refractivity contribution in [2.45, 2.75) is 78.9 Å². The van der Waals surface area contributed by atoms with Crippen molar-refractivity contribution in [1.82, 2.24) is 19.7 Å². The third-order valence-electron chi connectivity index (χ3n) is 5.38. The molecule has 1 aliphatic rings. The molecule has 7 nitrogen and oxygen atoms in total. The molecule has 2 aromatic heterocycles. The second-order valence-corrected chi connectivity index (χ2v) is 10.6. The van der Waals surface area contributed by atoms with Crippen LogP contribution in [0.4, 0.5) is 20.8 Å². The van der Waals surface area contributed by atoms with E-state index in [2.05, 4.69) is 36.2 Å². The quantitative estimate of drug-likeness (QED) is 0.681. The fourth-order valence-corrected chi connectivity index (χ4v) is 3.85. The molecule has 0 atom stereocenters. The number of ether oxygens (including phenoxy) is 1. The Labute approximate surface area is 190 Å². The van der Waals surface area contributed by atoms with E-state index in [-0.39, 0.29) is 17.5 Å². The van der Waals surface area contributed by atoms with Crippen LogP contribution in [0, 0.1) is 18.7 Å². The first kappa shape index (κ1) is 24.0. The van der Waals surface area contributed by atoms with Gasteiger partial charge in [0.15, 0.2) is 11.6 Å². The second-order valence-electron chi connectivity index (χ2n) is 10.6. The highest BCUT2D eigenvalue weighted by atomic mass is 19.1. The van der Waals surface area contributed by atoms with E-state index in [1.807, 2.05) is 38.4 Å². The fraction of sp³-hybridized carbons (Fsp3) is 0.625. The van der Waals surface area contributed by atoms with Crippen LogP contribution >= 0.6 is 0 Å². The predicted octanol–water partition coefficient (Wildman–Crippen LogP) is 5.41. The standard InChI is InChI=1S/C24H36FN5O2/c1-16-14-20(30(28-16)23(2,3)4)27-21-19(25)9-8-18(26-21)15-17-10-12-29(13-11-17)22(31)32-24(5,6)7/h8-9,14,17H,10-13,15H2,1-7H3,(H,26,27). The third-order valence-corrected chi connectivity index (χ3v) is 5.38. The number of carbonyl (C=O) groups excluding carboxylic acids is 1. The lowest BCUT2D eigenvalue weighted by molar-refractivity contribution is 0.0184. The third kappa shape index (κ3) is 6.20. The molecule has 8 heteroatoms. The summed E-state index contributed by atoms with van der Waals surface area (Å²) in [6.07, 6.45) is 2.23. The van der Waals surface area contributed by atoms with E-state index in [4.69, 9.17) is 4.74 Å². The summed E-state index contributed by atoms with van der Waals surface area (Å²) in [6.45, 7) is 15.0. The zero-order valence-corrected chi connectivity index (χ0v) is 20.3. The SMILES string of the molecule is Cc1cc(Nc2nc(CC3CCN(C(=O)OC(C)(C)C)CC3)ccc2F)n(C(C)(C)C)n1. The van der Waals surface area contributed by atoms with Gasteiger partial charge in [0.05, 0.1) is 11.2 Å². The van der Waals surface area contributed by atoms with Gasteiger partial charge in [0, 0.05) is 24.8 Å². The van der Waals surface area contributed by atoms with Crippen LogP contribution in [0.1, 0.15) is 65.8 Å². The molecule has 0 radical (unpaired) electrons. The van der Waals surface area contributed by atoms with Gasteiger partial charge in [-0.3, -0.25) is 0 Å². The van der Waals surface area contributed by atoms with E-state index in [9.17, 15) is 9.18 Å². The molecule has 1 N–H and O–H groups in total. The number of aromatic nitrogens is 3. The number of amides is 1. The summed E-state index contributed by atoms with van der Waals surface area (Å²) >= 11 is 0. The monoisotopic (exact) mass is 445 g/mol. The molecule has 1 aliphatic heterocycles. The van der Waals surface area contributed by atoms with Gasteiger partial charge in [-0.05, 0) is 85.8 Å². The van der Waals surface area contributed by atoms with Gasteiger partial charge in [-0.25, -0.2) is 18.9 Å². The number of carbonyl (C=O) groups is 1. The number of nitrogens with zero attached hydrogens (tertiary/aromatic N) is 4. The van der Waals surface area contributed by atoms with Crippen molar-refractivity contribution in [3.05, 3.63) is 35.4 Å². The highest BCUT2D eigenvalue weighted by Gasteiger charge is 2.27. The van der Waals surface area contributed by atoms with Crippen LogP contribution in [-0.2, 0) is 16.7 Å². The Balaban J connectivity index is 1.65. The van der Waals surface area contributed by atoms with Crippen LogP contribution in [0.2, 0.25) is 0 Å². The summed E-state index contributed by atoms with van der Waals surface area (Å²) in [6, 6.07) is 5.10. The average molecular weight is 446 g/mol. The smallest absolute Gasteiger partial charge is 0.410 e. The number of hydrogen-bond donors (Lipinski definition) is 1. The van der Waals surface area contributed by atoms with Crippen LogP contribution in [-0.4, -0.2) is 44.4 Å². The Bertz CT molecular complexity index is 950. The van der Waals surface area contributed by atoms with Crippen LogP contribution in [0.3, 0.4) is 0 Å². The molecule has 3 heterocycles. The minimum Gasteiger partial charge on any atom is -0.444 e.